The second-order valence-electron chi connectivity index (χ2n) is 8.17. The molecule has 4 rings (SSSR count). The number of piperidine rings is 1. The number of carbonyl (C=O) groups is 1. The first kappa shape index (κ1) is 22.0. The molecule has 2 aromatic rings. The molecule has 0 radical (unpaired) electrons. The summed E-state index contributed by atoms with van der Waals surface area (Å²) in [6.45, 7) is 2.17. The van der Waals surface area contributed by atoms with E-state index < -0.39 is 15.7 Å². The van der Waals surface area contributed by atoms with E-state index in [4.69, 9.17) is 11.6 Å². The molecule has 0 saturated carbocycles. The largest absolute Gasteiger partial charge is 0.341 e. The highest BCUT2D eigenvalue weighted by atomic mass is 35.5. The summed E-state index contributed by atoms with van der Waals surface area (Å²) in [7, 11) is -3.46. The van der Waals surface area contributed by atoms with Crippen molar-refractivity contribution in [3.63, 3.8) is 0 Å². The van der Waals surface area contributed by atoms with Gasteiger partial charge in [0.1, 0.15) is 5.82 Å². The first-order valence-corrected chi connectivity index (χ1v) is 12.5. The van der Waals surface area contributed by atoms with Crippen molar-refractivity contribution < 1.29 is 17.6 Å². The average molecular weight is 467 g/mol. The van der Waals surface area contributed by atoms with Gasteiger partial charge in [0.2, 0.25) is 11.9 Å². The third-order valence-corrected chi connectivity index (χ3v) is 7.37. The Bertz CT molecular complexity index is 1070. The third kappa shape index (κ3) is 4.82. The summed E-state index contributed by atoms with van der Waals surface area (Å²) in [5, 5.41) is 0.495. The highest BCUT2D eigenvalue weighted by molar-refractivity contribution is 7.90. The van der Waals surface area contributed by atoms with Crippen molar-refractivity contribution in [1.82, 2.24) is 14.9 Å². The van der Waals surface area contributed by atoms with Gasteiger partial charge >= 0.3 is 0 Å². The second-order valence-corrected chi connectivity index (χ2v) is 10.6. The fraction of sp³-hybridized carbons (Fsp3) is 0.476. The second kappa shape index (κ2) is 8.70. The van der Waals surface area contributed by atoms with Gasteiger partial charge in [-0.2, -0.15) is 0 Å². The van der Waals surface area contributed by atoms with Gasteiger partial charge < -0.3 is 9.80 Å². The third-order valence-electron chi connectivity index (χ3n) is 6.06. The summed E-state index contributed by atoms with van der Waals surface area (Å²) in [6, 6.07) is 4.07. The molecular weight excluding hydrogens is 443 g/mol. The van der Waals surface area contributed by atoms with Crippen molar-refractivity contribution in [1.29, 1.82) is 0 Å². The highest BCUT2D eigenvalue weighted by Gasteiger charge is 2.37. The molecule has 1 amide bonds. The van der Waals surface area contributed by atoms with E-state index >= 15 is 0 Å². The zero-order valence-corrected chi connectivity index (χ0v) is 18.7. The predicted molar refractivity (Wildman–Crippen MR) is 115 cm³/mol. The molecule has 3 heterocycles. The molecular formula is C21H24ClFN4O3S. The van der Waals surface area contributed by atoms with E-state index in [9.17, 15) is 17.6 Å². The van der Waals surface area contributed by atoms with Crippen LogP contribution in [0.3, 0.4) is 0 Å². The number of hydrogen-bond acceptors (Lipinski definition) is 6. The summed E-state index contributed by atoms with van der Waals surface area (Å²) < 4.78 is 37.6. The molecule has 2 fully saturated rings. The Morgan fingerprint density at radius 3 is 2.42 bits per heavy atom. The number of aromatic nitrogens is 2. The predicted octanol–water partition coefficient (Wildman–Crippen LogP) is 2.73. The number of rotatable bonds is 5. The maximum atomic E-state index is 14.4. The monoisotopic (exact) mass is 466 g/mol. The van der Waals surface area contributed by atoms with Crippen LogP contribution in [0.15, 0.2) is 35.5 Å². The van der Waals surface area contributed by atoms with E-state index in [-0.39, 0.29) is 29.2 Å². The van der Waals surface area contributed by atoms with Gasteiger partial charge in [0, 0.05) is 37.8 Å². The minimum absolute atomic E-state index is 0.0489. The molecule has 0 spiro atoms. The van der Waals surface area contributed by atoms with Gasteiger partial charge in [-0.25, -0.2) is 22.8 Å². The minimum atomic E-state index is -3.46. The van der Waals surface area contributed by atoms with Crippen molar-refractivity contribution in [2.45, 2.75) is 36.6 Å². The molecule has 166 valence electrons. The van der Waals surface area contributed by atoms with Crippen molar-refractivity contribution in [3.05, 3.63) is 47.0 Å². The van der Waals surface area contributed by atoms with E-state index in [2.05, 4.69) is 14.9 Å². The lowest BCUT2D eigenvalue weighted by Crippen LogP contribution is -2.46. The minimum Gasteiger partial charge on any atom is -0.341 e. The molecule has 1 aromatic carbocycles. The molecule has 2 saturated heterocycles. The zero-order chi connectivity index (χ0) is 22.2. The number of benzene rings is 1. The van der Waals surface area contributed by atoms with E-state index in [1.165, 1.54) is 12.1 Å². The Balaban J connectivity index is 1.36. The molecule has 0 bridgehead atoms. The Kier molecular flexibility index (Phi) is 6.16. The molecule has 7 nitrogen and oxygen atoms in total. The van der Waals surface area contributed by atoms with Gasteiger partial charge in [0.15, 0.2) is 9.84 Å². The molecule has 10 heteroatoms. The van der Waals surface area contributed by atoms with Crippen LogP contribution in [0.5, 0.6) is 0 Å². The molecule has 1 atom stereocenters. The standard InChI is InChI=1S/C21H24ClFN4O3S/c1-31(29,30)18-3-2-14(19(23)11-18)10-15-4-9-27(20(15)28)17-5-7-26(8-6-17)21-24-12-16(22)13-25-21/h2-3,11-13,15,17H,4-10H2,1H3/t15-/m1/s1. The Morgan fingerprint density at radius 1 is 1.13 bits per heavy atom. The van der Waals surface area contributed by atoms with Crippen LogP contribution in [0.25, 0.3) is 0 Å². The molecule has 31 heavy (non-hydrogen) atoms. The summed E-state index contributed by atoms with van der Waals surface area (Å²) >= 11 is 5.85. The lowest BCUT2D eigenvalue weighted by atomic mass is 9.97. The van der Waals surface area contributed by atoms with Gasteiger partial charge in [0.05, 0.1) is 22.3 Å². The van der Waals surface area contributed by atoms with Gasteiger partial charge in [-0.3, -0.25) is 4.79 Å². The van der Waals surface area contributed by atoms with Crippen LogP contribution in [0, 0.1) is 11.7 Å². The maximum Gasteiger partial charge on any atom is 0.226 e. The first-order valence-electron chi connectivity index (χ1n) is 10.2. The van der Waals surface area contributed by atoms with E-state index in [0.717, 1.165) is 38.3 Å². The van der Waals surface area contributed by atoms with Crippen molar-refractivity contribution in [3.8, 4) is 0 Å². The van der Waals surface area contributed by atoms with Crippen LogP contribution >= 0.6 is 11.6 Å². The summed E-state index contributed by atoms with van der Waals surface area (Å²) in [5.74, 6) is -0.170. The quantitative estimate of drug-likeness (QED) is 0.673. The fourth-order valence-corrected chi connectivity index (χ4v) is 5.08. The van der Waals surface area contributed by atoms with Crippen molar-refractivity contribution in [2.75, 3.05) is 30.8 Å². The first-order chi connectivity index (χ1) is 14.7. The van der Waals surface area contributed by atoms with Crippen LogP contribution in [0.1, 0.15) is 24.8 Å². The smallest absolute Gasteiger partial charge is 0.226 e. The van der Waals surface area contributed by atoms with E-state index in [1.54, 1.807) is 12.4 Å². The number of nitrogens with zero attached hydrogens (tertiary/aromatic N) is 4. The molecule has 1 aromatic heterocycles. The average Bonchev–Trinajstić information content (AvgIpc) is 3.10. The van der Waals surface area contributed by atoms with Crippen LogP contribution < -0.4 is 4.90 Å². The van der Waals surface area contributed by atoms with Crippen molar-refractivity contribution >= 4 is 33.3 Å². The topological polar surface area (TPSA) is 83.5 Å². The van der Waals surface area contributed by atoms with Gasteiger partial charge in [0.25, 0.3) is 0 Å². The maximum absolute atomic E-state index is 14.4. The summed E-state index contributed by atoms with van der Waals surface area (Å²) in [6.07, 6.45) is 6.79. The van der Waals surface area contributed by atoms with Crippen LogP contribution in [0.4, 0.5) is 10.3 Å². The molecule has 0 aliphatic carbocycles. The number of carbonyl (C=O) groups excluding carboxylic acids is 1. The Morgan fingerprint density at radius 2 is 1.81 bits per heavy atom. The number of likely N-dealkylation sites (tertiary alicyclic amines) is 1. The number of sulfone groups is 1. The highest BCUT2D eigenvalue weighted by Crippen LogP contribution is 2.29. The normalized spacial score (nSPS) is 20.5. The fourth-order valence-electron chi connectivity index (χ4n) is 4.35. The zero-order valence-electron chi connectivity index (χ0n) is 17.2. The lowest BCUT2D eigenvalue weighted by molar-refractivity contribution is -0.133. The van der Waals surface area contributed by atoms with Crippen LogP contribution in [-0.2, 0) is 21.1 Å². The van der Waals surface area contributed by atoms with Crippen LogP contribution in [0.2, 0.25) is 5.02 Å². The molecule has 0 N–H and O–H groups in total. The number of anilines is 1. The SMILES string of the molecule is CS(=O)(=O)c1ccc(C[C@H]2CCN(C3CCN(c4ncc(Cl)cn4)CC3)C2=O)c(F)c1. The number of halogens is 2. The van der Waals surface area contributed by atoms with Gasteiger partial charge in [-0.1, -0.05) is 17.7 Å². The molecule has 0 unspecified atom stereocenters. The number of hydrogen-bond donors (Lipinski definition) is 0. The van der Waals surface area contributed by atoms with Gasteiger partial charge in [-0.15, -0.1) is 0 Å². The number of amides is 1. The lowest BCUT2D eigenvalue weighted by Gasteiger charge is -2.36. The van der Waals surface area contributed by atoms with Crippen molar-refractivity contribution in [2.24, 2.45) is 5.92 Å². The molecule has 2 aliphatic rings. The van der Waals surface area contributed by atoms with E-state index in [1.807, 2.05) is 4.90 Å². The molecule has 2 aliphatic heterocycles. The Labute approximate surface area is 186 Å². The van der Waals surface area contributed by atoms with Crippen LogP contribution in [-0.4, -0.2) is 61.1 Å². The Hall–Kier alpha value is -2.26. The summed E-state index contributed by atoms with van der Waals surface area (Å²) in [4.78, 5) is 25.5. The summed E-state index contributed by atoms with van der Waals surface area (Å²) in [5.41, 5.74) is 0.377. The van der Waals surface area contributed by atoms with E-state index in [0.29, 0.717) is 29.5 Å². The van der Waals surface area contributed by atoms with Gasteiger partial charge in [-0.05, 0) is 43.4 Å².